The molecule has 0 unspecified atom stereocenters. The predicted octanol–water partition coefficient (Wildman–Crippen LogP) is 4.45. The molecule has 5 nitrogen and oxygen atoms in total. The average Bonchev–Trinajstić information content (AvgIpc) is 2.73. The maximum Gasteiger partial charge on any atom is 0.270 e. The van der Waals surface area contributed by atoms with Gasteiger partial charge in [-0.3, -0.25) is 9.10 Å². The number of nitrogens with one attached hydrogen (secondary N) is 1. The van der Waals surface area contributed by atoms with Gasteiger partial charge in [0.2, 0.25) is 5.78 Å². The van der Waals surface area contributed by atoms with Crippen LogP contribution in [0.5, 0.6) is 0 Å². The fraction of sp³-hybridized carbons (Fsp3) is 0.0455. The van der Waals surface area contributed by atoms with Gasteiger partial charge in [-0.25, -0.2) is 17.2 Å². The van der Waals surface area contributed by atoms with Crippen molar-refractivity contribution in [3.63, 3.8) is 0 Å². The van der Waals surface area contributed by atoms with Crippen LogP contribution in [-0.2, 0) is 16.6 Å². The number of halogens is 2. The second kappa shape index (κ2) is 7.72. The molecule has 0 aliphatic carbocycles. The largest absolute Gasteiger partial charge is 0.358 e. The number of benzene rings is 3. The Bertz CT molecular complexity index is 1260. The molecule has 0 radical (unpaired) electrons. The first-order valence-electron chi connectivity index (χ1n) is 9.00. The molecule has 0 amide bonds. The predicted molar refractivity (Wildman–Crippen MR) is 110 cm³/mol. The van der Waals surface area contributed by atoms with Crippen molar-refractivity contribution >= 4 is 27.2 Å². The highest BCUT2D eigenvalue weighted by Crippen LogP contribution is 2.36. The fourth-order valence-electron chi connectivity index (χ4n) is 3.19. The van der Waals surface area contributed by atoms with Gasteiger partial charge in [-0.1, -0.05) is 42.5 Å². The number of rotatable bonds is 4. The number of para-hydroxylation sites is 1. The number of hydrogen-bond donors (Lipinski definition) is 1. The summed E-state index contributed by atoms with van der Waals surface area (Å²) in [5.74, 6) is -2.38. The molecule has 0 fully saturated rings. The lowest BCUT2D eigenvalue weighted by atomic mass is 10.1. The number of fused-ring (bicyclic) bond motifs is 1. The third-order valence-corrected chi connectivity index (χ3v) is 6.43. The first kappa shape index (κ1) is 19.8. The van der Waals surface area contributed by atoms with Gasteiger partial charge < -0.3 is 5.32 Å². The van der Waals surface area contributed by atoms with Gasteiger partial charge in [0.25, 0.3) is 10.0 Å². The van der Waals surface area contributed by atoms with Crippen LogP contribution >= 0.6 is 0 Å². The normalized spacial score (nSPS) is 16.4. The zero-order valence-electron chi connectivity index (χ0n) is 15.5. The summed E-state index contributed by atoms with van der Waals surface area (Å²) in [4.78, 5) is 12.4. The lowest BCUT2D eigenvalue weighted by Gasteiger charge is -2.31. The average molecular weight is 426 g/mol. The number of hydrogen-bond acceptors (Lipinski definition) is 4. The van der Waals surface area contributed by atoms with Crippen LogP contribution in [0.15, 0.2) is 83.9 Å². The van der Waals surface area contributed by atoms with Crippen LogP contribution in [0.25, 0.3) is 0 Å². The van der Waals surface area contributed by atoms with Crippen LogP contribution in [0.4, 0.5) is 20.2 Å². The van der Waals surface area contributed by atoms with E-state index in [1.807, 2.05) is 6.07 Å². The van der Waals surface area contributed by atoms with Crippen LogP contribution in [0.1, 0.15) is 15.9 Å². The number of Topliss-reactive ketones (excluding diaryl/α,β-unsaturated/α-hetero) is 1. The van der Waals surface area contributed by atoms with Gasteiger partial charge >= 0.3 is 0 Å². The molecule has 4 rings (SSSR count). The Morgan fingerprint density at radius 2 is 1.63 bits per heavy atom. The molecule has 0 aromatic heterocycles. The van der Waals surface area contributed by atoms with Crippen molar-refractivity contribution < 1.29 is 22.0 Å². The van der Waals surface area contributed by atoms with Crippen LogP contribution < -0.4 is 9.62 Å². The maximum atomic E-state index is 13.9. The van der Waals surface area contributed by atoms with Gasteiger partial charge in [-0.05, 0) is 29.8 Å². The van der Waals surface area contributed by atoms with Crippen molar-refractivity contribution in [2.45, 2.75) is 6.54 Å². The van der Waals surface area contributed by atoms with E-state index in [9.17, 15) is 22.0 Å². The molecule has 30 heavy (non-hydrogen) atoms. The van der Waals surface area contributed by atoms with Crippen LogP contribution in [-0.4, -0.2) is 14.2 Å². The molecule has 1 aliphatic rings. The minimum Gasteiger partial charge on any atom is -0.358 e. The third kappa shape index (κ3) is 3.57. The van der Waals surface area contributed by atoms with E-state index in [4.69, 9.17) is 0 Å². The Morgan fingerprint density at radius 1 is 0.933 bits per heavy atom. The van der Waals surface area contributed by atoms with E-state index in [1.54, 1.807) is 42.5 Å². The van der Waals surface area contributed by atoms with E-state index in [0.717, 1.165) is 28.2 Å². The minimum atomic E-state index is -4.23. The number of nitrogens with zero attached hydrogens (tertiary/aromatic N) is 1. The third-order valence-electron chi connectivity index (χ3n) is 4.67. The summed E-state index contributed by atoms with van der Waals surface area (Å²) in [5, 5.41) is 2.48. The second-order valence-electron chi connectivity index (χ2n) is 6.62. The highest BCUT2D eigenvalue weighted by molar-refractivity contribution is 7.97. The molecule has 0 spiro atoms. The topological polar surface area (TPSA) is 66.5 Å². The molecule has 8 heteroatoms. The zero-order valence-corrected chi connectivity index (χ0v) is 16.4. The molecule has 1 aliphatic heterocycles. The molecule has 0 saturated heterocycles. The van der Waals surface area contributed by atoms with Crippen LogP contribution in [0.3, 0.4) is 0 Å². The van der Waals surface area contributed by atoms with Gasteiger partial charge in [0, 0.05) is 17.8 Å². The Kier molecular flexibility index (Phi) is 5.09. The number of ketones is 1. The van der Waals surface area contributed by atoms with E-state index >= 15 is 0 Å². The molecular formula is C22H16F2N2O3S. The highest BCUT2D eigenvalue weighted by atomic mass is 32.2. The van der Waals surface area contributed by atoms with Crippen LogP contribution in [0, 0.1) is 11.6 Å². The van der Waals surface area contributed by atoms with Gasteiger partial charge in [0.05, 0.1) is 17.9 Å². The molecule has 3 aromatic rings. The summed E-state index contributed by atoms with van der Waals surface area (Å²) in [6.07, 6.45) is 0.946. The Labute approximate surface area is 172 Å². The SMILES string of the molecule is O=C1C(=CNc2ccc(F)cc2F)S(=O)(=O)N(Cc2ccccc2)c2ccccc21. The lowest BCUT2D eigenvalue weighted by molar-refractivity contribution is 0.104. The second-order valence-corrected chi connectivity index (χ2v) is 8.45. The van der Waals surface area contributed by atoms with E-state index in [2.05, 4.69) is 5.32 Å². The summed E-state index contributed by atoms with van der Waals surface area (Å²) in [7, 11) is -4.23. The molecular weight excluding hydrogens is 410 g/mol. The molecule has 1 heterocycles. The van der Waals surface area contributed by atoms with Gasteiger partial charge in [0.1, 0.15) is 11.6 Å². The van der Waals surface area contributed by atoms with Crippen molar-refractivity contribution in [1.29, 1.82) is 0 Å². The summed E-state index contributed by atoms with van der Waals surface area (Å²) in [5.41, 5.74) is 1.08. The summed E-state index contributed by atoms with van der Waals surface area (Å²) >= 11 is 0. The maximum absolute atomic E-state index is 13.9. The van der Waals surface area contributed by atoms with Crippen molar-refractivity contribution in [3.05, 3.63) is 107 Å². The van der Waals surface area contributed by atoms with Crippen molar-refractivity contribution in [2.24, 2.45) is 0 Å². The zero-order chi connectivity index (χ0) is 21.3. The molecule has 3 aromatic carbocycles. The van der Waals surface area contributed by atoms with Crippen molar-refractivity contribution in [3.8, 4) is 0 Å². The van der Waals surface area contributed by atoms with Gasteiger partial charge in [-0.2, -0.15) is 0 Å². The monoisotopic (exact) mass is 426 g/mol. The smallest absolute Gasteiger partial charge is 0.270 e. The quantitative estimate of drug-likeness (QED) is 0.626. The molecule has 0 saturated carbocycles. The summed E-state index contributed by atoms with van der Waals surface area (Å²) in [6.45, 7) is 0.0235. The lowest BCUT2D eigenvalue weighted by Crippen LogP contribution is -2.39. The molecule has 0 atom stereocenters. The van der Waals surface area contributed by atoms with Crippen LogP contribution in [0.2, 0.25) is 0 Å². The fourth-order valence-corrected chi connectivity index (χ4v) is 4.72. The Balaban J connectivity index is 1.78. The van der Waals surface area contributed by atoms with Crippen molar-refractivity contribution in [2.75, 3.05) is 9.62 Å². The van der Waals surface area contributed by atoms with Gasteiger partial charge in [-0.15, -0.1) is 0 Å². The minimum absolute atomic E-state index is 0.0235. The van der Waals surface area contributed by atoms with Crippen molar-refractivity contribution in [1.82, 2.24) is 0 Å². The van der Waals surface area contributed by atoms with E-state index in [1.165, 1.54) is 6.07 Å². The Hall–Kier alpha value is -3.52. The standard InChI is InChI=1S/C22H16F2N2O3S/c23-16-10-11-19(18(24)12-16)25-13-21-22(27)17-8-4-5-9-20(17)26(30(21,28)29)14-15-6-2-1-3-7-15/h1-13,25H,14H2. The van der Waals surface area contributed by atoms with Gasteiger partial charge in [0.15, 0.2) is 4.91 Å². The first-order valence-corrected chi connectivity index (χ1v) is 10.4. The number of allylic oxidation sites excluding steroid dienone is 1. The number of sulfonamides is 1. The summed E-state index contributed by atoms with van der Waals surface area (Å²) in [6, 6.07) is 18.2. The molecule has 152 valence electrons. The highest BCUT2D eigenvalue weighted by Gasteiger charge is 2.40. The molecule has 1 N–H and O–H groups in total. The van der Waals surface area contributed by atoms with E-state index in [-0.39, 0.29) is 23.5 Å². The summed E-state index contributed by atoms with van der Waals surface area (Å²) < 4.78 is 54.8. The number of carbonyl (C=O) groups excluding carboxylic acids is 1. The first-order chi connectivity index (χ1) is 14.4. The number of carbonyl (C=O) groups is 1. The van der Waals surface area contributed by atoms with E-state index < -0.39 is 32.3 Å². The van der Waals surface area contributed by atoms with E-state index in [0.29, 0.717) is 6.07 Å². The molecule has 0 bridgehead atoms. The number of anilines is 2. The Morgan fingerprint density at radius 3 is 2.37 bits per heavy atom.